The number of ether oxygens (including phenoxy) is 1. The second kappa shape index (κ2) is 7.31. The van der Waals surface area contributed by atoms with Gasteiger partial charge in [-0.1, -0.05) is 0 Å². The van der Waals surface area contributed by atoms with Gasteiger partial charge in [-0.15, -0.1) is 12.4 Å². The number of amides is 1. The zero-order valence-corrected chi connectivity index (χ0v) is 11.6. The SMILES string of the molecule is COc1ccc(C(=O)N[C@H]2CCCNC2)c(F)c1.Cl. The van der Waals surface area contributed by atoms with E-state index in [4.69, 9.17) is 4.74 Å². The number of nitrogens with one attached hydrogen (secondary N) is 2. The van der Waals surface area contributed by atoms with Gasteiger partial charge >= 0.3 is 0 Å². The second-order valence-corrected chi connectivity index (χ2v) is 4.36. The maximum absolute atomic E-state index is 13.7. The molecule has 1 fully saturated rings. The highest BCUT2D eigenvalue weighted by Gasteiger charge is 2.18. The summed E-state index contributed by atoms with van der Waals surface area (Å²) in [7, 11) is 1.46. The molecule has 1 aromatic rings. The zero-order chi connectivity index (χ0) is 13.0. The van der Waals surface area contributed by atoms with Gasteiger partial charge in [-0.2, -0.15) is 0 Å². The minimum Gasteiger partial charge on any atom is -0.497 e. The number of halogens is 2. The van der Waals surface area contributed by atoms with Crippen LogP contribution in [0, 0.1) is 5.82 Å². The molecule has 2 N–H and O–H groups in total. The molecule has 1 aliphatic rings. The van der Waals surface area contributed by atoms with Gasteiger partial charge in [0.1, 0.15) is 11.6 Å². The predicted octanol–water partition coefficient (Wildman–Crippen LogP) is 1.74. The Morgan fingerprint density at radius 3 is 2.89 bits per heavy atom. The highest BCUT2D eigenvalue weighted by Crippen LogP contribution is 2.16. The Morgan fingerprint density at radius 1 is 1.53 bits per heavy atom. The molecule has 2 rings (SSSR count). The minimum atomic E-state index is -0.560. The van der Waals surface area contributed by atoms with Gasteiger partial charge in [-0.3, -0.25) is 4.79 Å². The van der Waals surface area contributed by atoms with Crippen molar-refractivity contribution in [1.29, 1.82) is 0 Å². The predicted molar refractivity (Wildman–Crippen MR) is 73.6 cm³/mol. The van der Waals surface area contributed by atoms with E-state index in [1.165, 1.54) is 19.2 Å². The van der Waals surface area contributed by atoms with Crippen LogP contribution >= 0.6 is 12.4 Å². The van der Waals surface area contributed by atoms with Crippen molar-refractivity contribution in [3.63, 3.8) is 0 Å². The molecule has 1 heterocycles. The number of rotatable bonds is 3. The summed E-state index contributed by atoms with van der Waals surface area (Å²) >= 11 is 0. The van der Waals surface area contributed by atoms with Crippen LogP contribution in [0.3, 0.4) is 0 Å². The van der Waals surface area contributed by atoms with Crippen LogP contribution in [0.1, 0.15) is 23.2 Å². The van der Waals surface area contributed by atoms with Gasteiger partial charge in [0, 0.05) is 18.7 Å². The van der Waals surface area contributed by atoms with Crippen molar-refractivity contribution in [3.05, 3.63) is 29.6 Å². The summed E-state index contributed by atoms with van der Waals surface area (Å²) in [4.78, 5) is 11.9. The largest absolute Gasteiger partial charge is 0.497 e. The summed E-state index contributed by atoms with van der Waals surface area (Å²) < 4.78 is 18.6. The van der Waals surface area contributed by atoms with Crippen molar-refractivity contribution in [2.24, 2.45) is 0 Å². The Morgan fingerprint density at radius 2 is 2.32 bits per heavy atom. The third-order valence-electron chi connectivity index (χ3n) is 3.05. The molecular weight excluding hydrogens is 271 g/mol. The first-order valence-corrected chi connectivity index (χ1v) is 6.06. The van der Waals surface area contributed by atoms with E-state index in [-0.39, 0.29) is 29.9 Å². The summed E-state index contributed by atoms with van der Waals surface area (Å²) in [6.07, 6.45) is 1.95. The maximum Gasteiger partial charge on any atom is 0.254 e. The third-order valence-corrected chi connectivity index (χ3v) is 3.05. The van der Waals surface area contributed by atoms with Crippen LogP contribution in [-0.4, -0.2) is 32.1 Å². The lowest BCUT2D eigenvalue weighted by Crippen LogP contribution is -2.45. The van der Waals surface area contributed by atoms with E-state index < -0.39 is 5.82 Å². The average Bonchev–Trinajstić information content (AvgIpc) is 2.39. The van der Waals surface area contributed by atoms with Crippen molar-refractivity contribution in [2.75, 3.05) is 20.2 Å². The van der Waals surface area contributed by atoms with E-state index in [1.54, 1.807) is 6.07 Å². The van der Waals surface area contributed by atoms with Crippen LogP contribution in [0.25, 0.3) is 0 Å². The monoisotopic (exact) mass is 288 g/mol. The standard InChI is InChI=1S/C13H17FN2O2.ClH/c1-18-10-4-5-11(12(14)7-10)13(17)16-9-3-2-6-15-8-9;/h4-5,7,9,15H,2-3,6,8H2,1H3,(H,16,17);1H/t9-;/m0./s1. The molecule has 0 aromatic heterocycles. The van der Waals surface area contributed by atoms with Crippen molar-refractivity contribution in [1.82, 2.24) is 10.6 Å². The molecule has 19 heavy (non-hydrogen) atoms. The van der Waals surface area contributed by atoms with Gasteiger partial charge in [-0.25, -0.2) is 4.39 Å². The van der Waals surface area contributed by atoms with Crippen LogP contribution in [0.15, 0.2) is 18.2 Å². The topological polar surface area (TPSA) is 50.4 Å². The van der Waals surface area contributed by atoms with Gasteiger partial charge in [0.05, 0.1) is 12.7 Å². The molecule has 106 valence electrons. The molecule has 1 aliphatic heterocycles. The number of methoxy groups -OCH3 is 1. The smallest absolute Gasteiger partial charge is 0.254 e. The number of carbonyl (C=O) groups is 1. The van der Waals surface area contributed by atoms with E-state index in [2.05, 4.69) is 10.6 Å². The Kier molecular flexibility index (Phi) is 6.05. The number of carbonyl (C=O) groups excluding carboxylic acids is 1. The minimum absolute atomic E-state index is 0. The van der Waals surface area contributed by atoms with Crippen molar-refractivity contribution in [2.45, 2.75) is 18.9 Å². The zero-order valence-electron chi connectivity index (χ0n) is 10.7. The lowest BCUT2D eigenvalue weighted by Gasteiger charge is -2.23. The second-order valence-electron chi connectivity index (χ2n) is 4.36. The third kappa shape index (κ3) is 4.08. The number of hydrogen-bond donors (Lipinski definition) is 2. The Labute approximate surface area is 118 Å². The molecule has 6 heteroatoms. The van der Waals surface area contributed by atoms with Crippen molar-refractivity contribution >= 4 is 18.3 Å². The molecule has 4 nitrogen and oxygen atoms in total. The van der Waals surface area contributed by atoms with Gasteiger partial charge in [0.25, 0.3) is 5.91 Å². The first-order valence-electron chi connectivity index (χ1n) is 6.06. The van der Waals surface area contributed by atoms with E-state index in [9.17, 15) is 9.18 Å². The molecule has 0 radical (unpaired) electrons. The van der Waals surface area contributed by atoms with Crippen LogP contribution in [0.5, 0.6) is 5.75 Å². The molecule has 0 unspecified atom stereocenters. The fourth-order valence-corrected chi connectivity index (χ4v) is 2.05. The Hall–Kier alpha value is -1.33. The Bertz CT molecular complexity index is 437. The lowest BCUT2D eigenvalue weighted by molar-refractivity contribution is 0.0926. The molecule has 1 aromatic carbocycles. The highest BCUT2D eigenvalue weighted by molar-refractivity contribution is 5.94. The van der Waals surface area contributed by atoms with Crippen LogP contribution < -0.4 is 15.4 Å². The quantitative estimate of drug-likeness (QED) is 0.891. The van der Waals surface area contributed by atoms with E-state index in [0.717, 1.165) is 25.9 Å². The van der Waals surface area contributed by atoms with Gasteiger partial charge < -0.3 is 15.4 Å². The fraction of sp³-hybridized carbons (Fsp3) is 0.462. The summed E-state index contributed by atoms with van der Waals surface area (Å²) in [5.74, 6) is -0.525. The fourth-order valence-electron chi connectivity index (χ4n) is 2.05. The van der Waals surface area contributed by atoms with Gasteiger partial charge in [0.15, 0.2) is 0 Å². The summed E-state index contributed by atoms with van der Waals surface area (Å²) in [6, 6.07) is 4.32. The first kappa shape index (κ1) is 15.7. The van der Waals surface area contributed by atoms with E-state index in [0.29, 0.717) is 5.75 Å². The van der Waals surface area contributed by atoms with Crippen LogP contribution in [-0.2, 0) is 0 Å². The van der Waals surface area contributed by atoms with Crippen molar-refractivity contribution < 1.29 is 13.9 Å². The first-order chi connectivity index (χ1) is 8.70. The molecule has 1 amide bonds. The Balaban J connectivity index is 0.00000180. The highest BCUT2D eigenvalue weighted by atomic mass is 35.5. The van der Waals surface area contributed by atoms with E-state index >= 15 is 0 Å². The lowest BCUT2D eigenvalue weighted by atomic mass is 10.1. The van der Waals surface area contributed by atoms with E-state index in [1.807, 2.05) is 0 Å². The summed E-state index contributed by atoms with van der Waals surface area (Å²) in [6.45, 7) is 1.72. The van der Waals surface area contributed by atoms with Crippen LogP contribution in [0.4, 0.5) is 4.39 Å². The normalized spacial score (nSPS) is 18.3. The molecule has 1 atom stereocenters. The number of hydrogen-bond acceptors (Lipinski definition) is 3. The van der Waals surface area contributed by atoms with Crippen LogP contribution in [0.2, 0.25) is 0 Å². The van der Waals surface area contributed by atoms with Gasteiger partial charge in [0.2, 0.25) is 0 Å². The maximum atomic E-state index is 13.7. The van der Waals surface area contributed by atoms with Crippen molar-refractivity contribution in [3.8, 4) is 5.75 Å². The average molecular weight is 289 g/mol. The number of piperidine rings is 1. The molecule has 0 spiro atoms. The molecular formula is C13H18ClFN2O2. The molecule has 1 saturated heterocycles. The summed E-state index contributed by atoms with van der Waals surface area (Å²) in [5, 5.41) is 6.03. The molecule has 0 aliphatic carbocycles. The molecule has 0 bridgehead atoms. The van der Waals surface area contributed by atoms with Gasteiger partial charge in [-0.05, 0) is 31.5 Å². The molecule has 0 saturated carbocycles. The summed E-state index contributed by atoms with van der Waals surface area (Å²) in [5.41, 5.74) is 0.0568. The number of benzene rings is 1.